The van der Waals surface area contributed by atoms with E-state index in [-0.39, 0.29) is 30.5 Å². The van der Waals surface area contributed by atoms with Crippen molar-refractivity contribution in [1.82, 2.24) is 20.2 Å². The molecule has 0 spiro atoms. The molecule has 9 heteroatoms. The van der Waals surface area contributed by atoms with Gasteiger partial charge in [0.05, 0.1) is 25.0 Å². The Morgan fingerprint density at radius 1 is 1.24 bits per heavy atom. The van der Waals surface area contributed by atoms with E-state index in [1.54, 1.807) is 12.5 Å². The summed E-state index contributed by atoms with van der Waals surface area (Å²) in [4.78, 5) is 8.39. The summed E-state index contributed by atoms with van der Waals surface area (Å²) < 4.78 is 38.6. The lowest BCUT2D eigenvalue weighted by molar-refractivity contribution is -0.132. The van der Waals surface area contributed by atoms with Crippen molar-refractivity contribution in [3.8, 4) is 5.69 Å². The van der Waals surface area contributed by atoms with E-state index in [9.17, 15) is 13.2 Å². The summed E-state index contributed by atoms with van der Waals surface area (Å²) in [6.07, 6.45) is 0.120. The molecule has 0 bridgehead atoms. The van der Waals surface area contributed by atoms with Crippen molar-refractivity contribution in [2.75, 3.05) is 13.1 Å². The van der Waals surface area contributed by atoms with Gasteiger partial charge in [-0.05, 0) is 18.6 Å². The molecule has 0 aliphatic carbocycles. The highest BCUT2D eigenvalue weighted by Gasteiger charge is 2.26. The molecule has 0 aliphatic heterocycles. The summed E-state index contributed by atoms with van der Waals surface area (Å²) in [5.74, 6) is 0.363. The van der Waals surface area contributed by atoms with Gasteiger partial charge in [0.25, 0.3) is 0 Å². The third-order valence-corrected chi connectivity index (χ3v) is 3.23. The number of hydrogen-bond acceptors (Lipinski definition) is 2. The molecule has 0 unspecified atom stereocenters. The minimum Gasteiger partial charge on any atom is -0.357 e. The van der Waals surface area contributed by atoms with Crippen LogP contribution in [0.25, 0.3) is 5.69 Å². The number of para-hydroxylation sites is 1. The third-order valence-electron chi connectivity index (χ3n) is 3.23. The highest BCUT2D eigenvalue weighted by atomic mass is 127. The number of guanidine groups is 1. The molecule has 0 aliphatic rings. The number of nitrogens with one attached hydrogen (secondary N) is 2. The average molecular weight is 467 g/mol. The van der Waals surface area contributed by atoms with Crippen LogP contribution < -0.4 is 10.6 Å². The van der Waals surface area contributed by atoms with Crippen LogP contribution >= 0.6 is 24.0 Å². The summed E-state index contributed by atoms with van der Waals surface area (Å²) in [7, 11) is 0. The van der Waals surface area contributed by atoms with Crippen LogP contribution in [-0.2, 0) is 6.54 Å². The Morgan fingerprint density at radius 3 is 2.64 bits per heavy atom. The molecule has 0 fully saturated rings. The fourth-order valence-corrected chi connectivity index (χ4v) is 2.13. The minimum atomic E-state index is -4.18. The molecule has 138 valence electrons. The second-order valence-electron chi connectivity index (χ2n) is 5.09. The number of rotatable bonds is 6. The van der Waals surface area contributed by atoms with Crippen LogP contribution in [0.1, 0.15) is 18.9 Å². The van der Waals surface area contributed by atoms with Gasteiger partial charge in [-0.25, -0.2) is 9.98 Å². The van der Waals surface area contributed by atoms with Gasteiger partial charge in [0.15, 0.2) is 5.96 Å². The molecule has 0 amide bonds. The first-order valence-electron chi connectivity index (χ1n) is 7.65. The van der Waals surface area contributed by atoms with E-state index >= 15 is 0 Å². The van der Waals surface area contributed by atoms with Crippen LogP contribution in [0.5, 0.6) is 0 Å². The Labute approximate surface area is 161 Å². The highest BCUT2D eigenvalue weighted by molar-refractivity contribution is 14.0. The molecule has 0 radical (unpaired) electrons. The Balaban J connectivity index is 0.00000312. The van der Waals surface area contributed by atoms with Gasteiger partial charge >= 0.3 is 6.18 Å². The lowest BCUT2D eigenvalue weighted by atomic mass is 10.2. The van der Waals surface area contributed by atoms with Gasteiger partial charge in [0.1, 0.15) is 0 Å². The molecular weight excluding hydrogens is 446 g/mol. The number of halogens is 4. The van der Waals surface area contributed by atoms with Crippen molar-refractivity contribution in [1.29, 1.82) is 0 Å². The molecule has 5 nitrogen and oxygen atoms in total. The lowest BCUT2D eigenvalue weighted by Gasteiger charge is -2.13. The Bertz CT molecular complexity index is 656. The van der Waals surface area contributed by atoms with Crippen molar-refractivity contribution in [2.24, 2.45) is 4.99 Å². The van der Waals surface area contributed by atoms with E-state index in [0.29, 0.717) is 19.0 Å². The van der Waals surface area contributed by atoms with Crippen LogP contribution in [0.2, 0.25) is 0 Å². The van der Waals surface area contributed by atoms with E-state index in [0.717, 1.165) is 11.3 Å². The molecule has 1 aromatic heterocycles. The van der Waals surface area contributed by atoms with Gasteiger partial charge in [-0.15, -0.1) is 24.0 Å². The first-order valence-corrected chi connectivity index (χ1v) is 7.65. The number of aromatic nitrogens is 2. The summed E-state index contributed by atoms with van der Waals surface area (Å²) in [5, 5.41) is 5.65. The summed E-state index contributed by atoms with van der Waals surface area (Å²) in [6.45, 7) is 2.57. The predicted octanol–water partition coefficient (Wildman–Crippen LogP) is 3.50. The molecule has 25 heavy (non-hydrogen) atoms. The van der Waals surface area contributed by atoms with E-state index in [2.05, 4.69) is 20.6 Å². The van der Waals surface area contributed by atoms with Crippen molar-refractivity contribution < 1.29 is 13.2 Å². The largest absolute Gasteiger partial charge is 0.390 e. The van der Waals surface area contributed by atoms with Crippen LogP contribution in [0.4, 0.5) is 13.2 Å². The van der Waals surface area contributed by atoms with Crippen LogP contribution in [0.3, 0.4) is 0 Å². The van der Waals surface area contributed by atoms with E-state index in [1.165, 1.54) is 0 Å². The number of hydrogen-bond donors (Lipinski definition) is 2. The maximum atomic E-state index is 12.2. The van der Waals surface area contributed by atoms with Gasteiger partial charge in [-0.1, -0.05) is 18.2 Å². The molecule has 2 aromatic rings. The molecule has 1 aromatic carbocycles. The predicted molar refractivity (Wildman–Crippen MR) is 102 cm³/mol. The maximum absolute atomic E-state index is 12.2. The van der Waals surface area contributed by atoms with E-state index < -0.39 is 12.6 Å². The van der Waals surface area contributed by atoms with Gasteiger partial charge in [0.2, 0.25) is 0 Å². The highest BCUT2D eigenvalue weighted by Crippen LogP contribution is 2.18. The number of imidazole rings is 1. The molecule has 2 rings (SSSR count). The molecular formula is C16H21F3IN5. The number of nitrogens with zero attached hydrogens (tertiary/aromatic N) is 3. The van der Waals surface area contributed by atoms with Gasteiger partial charge in [-0.2, -0.15) is 13.2 Å². The number of benzene rings is 1. The second-order valence-corrected chi connectivity index (χ2v) is 5.09. The van der Waals surface area contributed by atoms with Gasteiger partial charge in [-0.3, -0.25) is 0 Å². The van der Waals surface area contributed by atoms with Crippen LogP contribution in [0, 0.1) is 0 Å². The van der Waals surface area contributed by atoms with E-state index in [4.69, 9.17) is 0 Å². The lowest BCUT2D eigenvalue weighted by Crippen LogP contribution is -2.38. The first-order chi connectivity index (χ1) is 11.5. The summed E-state index contributed by atoms with van der Waals surface area (Å²) in [6, 6.07) is 7.68. The zero-order valence-electron chi connectivity index (χ0n) is 13.8. The Morgan fingerprint density at radius 2 is 2.00 bits per heavy atom. The second kappa shape index (κ2) is 10.3. The van der Waals surface area contributed by atoms with Crippen molar-refractivity contribution in [3.05, 3.63) is 48.5 Å². The van der Waals surface area contributed by atoms with Crippen molar-refractivity contribution >= 4 is 29.9 Å². The fourth-order valence-electron chi connectivity index (χ4n) is 2.13. The number of aliphatic imine (C=N–C) groups is 1. The quantitative estimate of drug-likeness (QED) is 0.389. The topological polar surface area (TPSA) is 54.2 Å². The summed E-state index contributed by atoms with van der Waals surface area (Å²) in [5.41, 5.74) is 1.88. The minimum absolute atomic E-state index is 0. The number of alkyl halides is 3. The molecule has 0 saturated heterocycles. The monoisotopic (exact) mass is 467 g/mol. The third kappa shape index (κ3) is 7.32. The van der Waals surface area contributed by atoms with Gasteiger partial charge < -0.3 is 15.2 Å². The smallest absolute Gasteiger partial charge is 0.357 e. The average Bonchev–Trinajstić information content (AvgIpc) is 3.06. The molecule has 0 saturated carbocycles. The fraction of sp³-hybridized carbons (Fsp3) is 0.375. The molecule has 2 N–H and O–H groups in total. The van der Waals surface area contributed by atoms with E-state index in [1.807, 2.05) is 42.0 Å². The summed E-state index contributed by atoms with van der Waals surface area (Å²) >= 11 is 0. The normalized spacial score (nSPS) is 11.8. The van der Waals surface area contributed by atoms with Gasteiger partial charge in [0, 0.05) is 25.5 Å². The SMILES string of the molecule is CCNC(=NCc1ccccc1-n1ccnc1)NCCC(F)(F)F.I. The zero-order chi connectivity index (χ0) is 17.4. The Kier molecular flexibility index (Phi) is 8.73. The van der Waals surface area contributed by atoms with Crippen LogP contribution in [-0.4, -0.2) is 34.8 Å². The Hall–Kier alpha value is -1.78. The standard InChI is InChI=1S/C16H20F3N5.HI/c1-2-21-15(22-8-7-16(17,18)19)23-11-13-5-3-4-6-14(13)24-10-9-20-12-24;/h3-6,9-10,12H,2,7-8,11H2,1H3,(H2,21,22,23);1H. The first kappa shape index (κ1) is 21.3. The molecule has 0 atom stereocenters. The van der Waals surface area contributed by atoms with Crippen LogP contribution in [0.15, 0.2) is 48.0 Å². The molecule has 1 heterocycles. The zero-order valence-corrected chi connectivity index (χ0v) is 16.1. The van der Waals surface area contributed by atoms with Crippen molar-refractivity contribution in [2.45, 2.75) is 26.1 Å². The van der Waals surface area contributed by atoms with Crippen molar-refractivity contribution in [3.63, 3.8) is 0 Å². The maximum Gasteiger partial charge on any atom is 0.390 e.